The van der Waals surface area contributed by atoms with Crippen LogP contribution < -0.4 is 5.32 Å². The monoisotopic (exact) mass is 296 g/mol. The molecule has 0 bridgehead atoms. The fraction of sp³-hybridized carbons (Fsp3) is 0.875. The van der Waals surface area contributed by atoms with Gasteiger partial charge in [-0.2, -0.15) is 0 Å². The van der Waals surface area contributed by atoms with Crippen LogP contribution in [0.4, 0.5) is 0 Å². The van der Waals surface area contributed by atoms with Crippen molar-refractivity contribution in [1.29, 1.82) is 0 Å². The molecule has 1 heterocycles. The number of hydrogen-bond acceptors (Lipinski definition) is 3. The van der Waals surface area contributed by atoms with Crippen LogP contribution in [-0.4, -0.2) is 48.6 Å². The molecule has 2 fully saturated rings. The molecule has 2 amide bonds. The molecule has 1 saturated heterocycles. The minimum Gasteiger partial charge on any atom is -0.379 e. The lowest BCUT2D eigenvalue weighted by molar-refractivity contribution is -0.130. The number of likely N-dealkylation sites (tertiary alicyclic amines) is 1. The highest BCUT2D eigenvalue weighted by Gasteiger charge is 2.38. The number of carbonyl (C=O) groups excluding carboxylic acids is 2. The van der Waals surface area contributed by atoms with Crippen LogP contribution in [0.5, 0.6) is 0 Å². The van der Waals surface area contributed by atoms with Gasteiger partial charge in [0.2, 0.25) is 11.8 Å². The van der Waals surface area contributed by atoms with Crippen LogP contribution in [-0.2, 0) is 14.3 Å². The van der Waals surface area contributed by atoms with Crippen LogP contribution in [0.25, 0.3) is 0 Å². The van der Waals surface area contributed by atoms with Crippen molar-refractivity contribution in [3.63, 3.8) is 0 Å². The van der Waals surface area contributed by atoms with Gasteiger partial charge in [-0.15, -0.1) is 0 Å². The SMILES string of the molecule is CC(C)OCCCNC(=O)[C@H]1CC(=O)N(C2CCCC2)C1. The van der Waals surface area contributed by atoms with E-state index in [1.807, 2.05) is 18.7 Å². The number of nitrogens with one attached hydrogen (secondary N) is 1. The Labute approximate surface area is 127 Å². The molecule has 1 saturated carbocycles. The first-order chi connectivity index (χ1) is 10.1. The standard InChI is InChI=1S/C16H28N2O3/c1-12(2)21-9-5-8-17-16(20)13-10-15(19)18(11-13)14-6-3-4-7-14/h12-14H,3-11H2,1-2H3,(H,17,20)/t13-/m0/s1. The van der Waals surface area contributed by atoms with E-state index in [4.69, 9.17) is 4.74 Å². The molecule has 1 N–H and O–H groups in total. The van der Waals surface area contributed by atoms with E-state index in [0.717, 1.165) is 19.3 Å². The van der Waals surface area contributed by atoms with Crippen molar-refractivity contribution in [3.8, 4) is 0 Å². The Morgan fingerprint density at radius 3 is 2.76 bits per heavy atom. The van der Waals surface area contributed by atoms with E-state index < -0.39 is 0 Å². The van der Waals surface area contributed by atoms with E-state index in [1.165, 1.54) is 12.8 Å². The average Bonchev–Trinajstić information content (AvgIpc) is 3.06. The average molecular weight is 296 g/mol. The smallest absolute Gasteiger partial charge is 0.225 e. The van der Waals surface area contributed by atoms with Crippen molar-refractivity contribution in [2.75, 3.05) is 19.7 Å². The van der Waals surface area contributed by atoms with Gasteiger partial charge in [0, 0.05) is 32.2 Å². The molecule has 0 aromatic rings. The van der Waals surface area contributed by atoms with Gasteiger partial charge in [0.1, 0.15) is 0 Å². The minimum absolute atomic E-state index is 0.0217. The van der Waals surface area contributed by atoms with Crippen molar-refractivity contribution in [3.05, 3.63) is 0 Å². The molecule has 0 spiro atoms. The van der Waals surface area contributed by atoms with Gasteiger partial charge in [-0.25, -0.2) is 0 Å². The summed E-state index contributed by atoms with van der Waals surface area (Å²) in [5.41, 5.74) is 0. The summed E-state index contributed by atoms with van der Waals surface area (Å²) in [6.07, 6.45) is 6.05. The Morgan fingerprint density at radius 2 is 2.10 bits per heavy atom. The van der Waals surface area contributed by atoms with Gasteiger partial charge in [-0.1, -0.05) is 12.8 Å². The fourth-order valence-corrected chi connectivity index (χ4v) is 3.22. The number of carbonyl (C=O) groups is 2. The maximum Gasteiger partial charge on any atom is 0.225 e. The number of hydrogen-bond donors (Lipinski definition) is 1. The van der Waals surface area contributed by atoms with E-state index in [2.05, 4.69) is 5.32 Å². The molecule has 1 atom stereocenters. The van der Waals surface area contributed by atoms with Crippen molar-refractivity contribution in [2.45, 2.75) is 64.5 Å². The Kier molecular flexibility index (Phi) is 6.03. The highest BCUT2D eigenvalue weighted by molar-refractivity contribution is 5.89. The lowest BCUT2D eigenvalue weighted by Crippen LogP contribution is -2.37. The van der Waals surface area contributed by atoms with E-state index in [1.54, 1.807) is 0 Å². The van der Waals surface area contributed by atoms with Crippen LogP contribution in [0.1, 0.15) is 52.4 Å². The summed E-state index contributed by atoms with van der Waals surface area (Å²) in [4.78, 5) is 26.1. The molecule has 2 aliphatic rings. The zero-order chi connectivity index (χ0) is 15.2. The van der Waals surface area contributed by atoms with E-state index in [-0.39, 0.29) is 23.8 Å². The van der Waals surface area contributed by atoms with Crippen molar-refractivity contribution in [1.82, 2.24) is 10.2 Å². The molecule has 120 valence electrons. The number of ether oxygens (including phenoxy) is 1. The van der Waals surface area contributed by atoms with E-state index in [0.29, 0.717) is 32.2 Å². The molecule has 1 aliphatic heterocycles. The molecule has 0 radical (unpaired) electrons. The third-order valence-corrected chi connectivity index (χ3v) is 4.37. The Balaban J connectivity index is 1.67. The highest BCUT2D eigenvalue weighted by Crippen LogP contribution is 2.29. The number of nitrogens with zero attached hydrogens (tertiary/aromatic N) is 1. The molecule has 1 aliphatic carbocycles. The van der Waals surface area contributed by atoms with Gasteiger partial charge in [0.25, 0.3) is 0 Å². The normalized spacial score (nSPS) is 23.3. The molecule has 2 rings (SSSR count). The molecular formula is C16H28N2O3. The largest absolute Gasteiger partial charge is 0.379 e. The Bertz CT molecular complexity index is 365. The summed E-state index contributed by atoms with van der Waals surface area (Å²) in [6.45, 7) is 5.90. The maximum absolute atomic E-state index is 12.1. The fourth-order valence-electron chi connectivity index (χ4n) is 3.22. The summed E-state index contributed by atoms with van der Waals surface area (Å²) < 4.78 is 5.44. The third kappa shape index (κ3) is 4.70. The zero-order valence-corrected chi connectivity index (χ0v) is 13.3. The highest BCUT2D eigenvalue weighted by atomic mass is 16.5. The van der Waals surface area contributed by atoms with Gasteiger partial charge >= 0.3 is 0 Å². The van der Waals surface area contributed by atoms with Crippen LogP contribution in [0.3, 0.4) is 0 Å². The Morgan fingerprint density at radius 1 is 1.38 bits per heavy atom. The first-order valence-electron chi connectivity index (χ1n) is 8.26. The van der Waals surface area contributed by atoms with Gasteiger partial charge in [0.15, 0.2) is 0 Å². The number of rotatable bonds is 7. The topological polar surface area (TPSA) is 58.6 Å². The van der Waals surface area contributed by atoms with Crippen LogP contribution in [0, 0.1) is 5.92 Å². The predicted molar refractivity (Wildman–Crippen MR) is 80.8 cm³/mol. The third-order valence-electron chi connectivity index (χ3n) is 4.37. The summed E-state index contributed by atoms with van der Waals surface area (Å²) in [6, 6.07) is 0.384. The molecule has 0 unspecified atom stereocenters. The second-order valence-corrected chi connectivity index (χ2v) is 6.45. The minimum atomic E-state index is -0.163. The van der Waals surface area contributed by atoms with Crippen molar-refractivity contribution in [2.24, 2.45) is 5.92 Å². The van der Waals surface area contributed by atoms with Crippen LogP contribution in [0.2, 0.25) is 0 Å². The predicted octanol–water partition coefficient (Wildman–Crippen LogP) is 1.71. The van der Waals surface area contributed by atoms with E-state index >= 15 is 0 Å². The molecule has 21 heavy (non-hydrogen) atoms. The summed E-state index contributed by atoms with van der Waals surface area (Å²) in [5, 5.41) is 2.93. The second kappa shape index (κ2) is 7.78. The van der Waals surface area contributed by atoms with E-state index in [9.17, 15) is 9.59 Å². The molecular weight excluding hydrogens is 268 g/mol. The number of amides is 2. The molecule has 5 nitrogen and oxygen atoms in total. The molecule has 5 heteroatoms. The quantitative estimate of drug-likeness (QED) is 0.728. The van der Waals surface area contributed by atoms with Crippen molar-refractivity contribution < 1.29 is 14.3 Å². The summed E-state index contributed by atoms with van der Waals surface area (Å²) in [5.74, 6) is 0.0164. The lowest BCUT2D eigenvalue weighted by Gasteiger charge is -2.23. The first-order valence-corrected chi connectivity index (χ1v) is 8.26. The van der Waals surface area contributed by atoms with Crippen LogP contribution >= 0.6 is 0 Å². The summed E-state index contributed by atoms with van der Waals surface area (Å²) >= 11 is 0. The second-order valence-electron chi connectivity index (χ2n) is 6.45. The molecule has 0 aromatic heterocycles. The zero-order valence-electron chi connectivity index (χ0n) is 13.3. The van der Waals surface area contributed by atoms with Gasteiger partial charge < -0.3 is 15.0 Å². The van der Waals surface area contributed by atoms with Gasteiger partial charge in [0.05, 0.1) is 12.0 Å². The lowest BCUT2D eigenvalue weighted by atomic mass is 10.1. The Hall–Kier alpha value is -1.10. The van der Waals surface area contributed by atoms with Crippen LogP contribution in [0.15, 0.2) is 0 Å². The van der Waals surface area contributed by atoms with Gasteiger partial charge in [-0.05, 0) is 33.1 Å². The maximum atomic E-state index is 12.1. The van der Waals surface area contributed by atoms with Gasteiger partial charge in [-0.3, -0.25) is 9.59 Å². The summed E-state index contributed by atoms with van der Waals surface area (Å²) in [7, 11) is 0. The first kappa shape index (κ1) is 16.3. The van der Waals surface area contributed by atoms with Crippen molar-refractivity contribution >= 4 is 11.8 Å². The molecule has 0 aromatic carbocycles.